The van der Waals surface area contributed by atoms with E-state index in [9.17, 15) is 0 Å². The van der Waals surface area contributed by atoms with E-state index in [0.717, 1.165) is 13.0 Å². The Bertz CT molecular complexity index is 372. The van der Waals surface area contributed by atoms with Crippen LogP contribution in [0.3, 0.4) is 0 Å². The Balaban J connectivity index is 2.62. The Morgan fingerprint density at radius 2 is 1.84 bits per heavy atom. The Morgan fingerprint density at radius 1 is 1.21 bits per heavy atom. The molecule has 0 aliphatic carbocycles. The zero-order valence-electron chi connectivity index (χ0n) is 13.7. The molecule has 1 atom stereocenters. The second-order valence-electron chi connectivity index (χ2n) is 7.22. The molecule has 110 valence electrons. The van der Waals surface area contributed by atoms with E-state index in [1.54, 1.807) is 0 Å². The highest BCUT2D eigenvalue weighted by atomic mass is 15.3. The summed E-state index contributed by atoms with van der Waals surface area (Å²) in [4.78, 5) is 0. The zero-order valence-corrected chi connectivity index (χ0v) is 13.7. The third-order valence-corrected chi connectivity index (χ3v) is 3.50. The molecule has 1 aromatic rings. The monoisotopic (exact) mass is 265 g/mol. The van der Waals surface area contributed by atoms with Crippen LogP contribution in [-0.2, 0) is 6.42 Å². The number of aromatic nitrogens is 2. The van der Waals surface area contributed by atoms with Gasteiger partial charge in [0.25, 0.3) is 0 Å². The second-order valence-corrected chi connectivity index (χ2v) is 7.22. The standard InChI is InChI=1S/C16H31N3/c1-12(2)14(11-17-16(5,6)7)10-15-8-9-19(18-15)13(3)4/h8-9,12-14,17H,10-11H2,1-7H3. The summed E-state index contributed by atoms with van der Waals surface area (Å²) in [5.74, 6) is 1.30. The minimum absolute atomic E-state index is 0.185. The predicted molar refractivity (Wildman–Crippen MR) is 82.4 cm³/mol. The van der Waals surface area contributed by atoms with E-state index in [1.165, 1.54) is 5.69 Å². The van der Waals surface area contributed by atoms with Crippen LogP contribution >= 0.6 is 0 Å². The van der Waals surface area contributed by atoms with E-state index in [4.69, 9.17) is 0 Å². The molecule has 0 aliphatic heterocycles. The largest absolute Gasteiger partial charge is 0.312 e. The van der Waals surface area contributed by atoms with Crippen LogP contribution in [0, 0.1) is 11.8 Å². The molecule has 0 saturated carbocycles. The van der Waals surface area contributed by atoms with Crippen molar-refractivity contribution in [3.8, 4) is 0 Å². The van der Waals surface area contributed by atoms with Crippen molar-refractivity contribution in [2.75, 3.05) is 6.54 Å². The van der Waals surface area contributed by atoms with Gasteiger partial charge in [-0.05, 0) is 65.5 Å². The molecule has 1 unspecified atom stereocenters. The van der Waals surface area contributed by atoms with Gasteiger partial charge in [0.2, 0.25) is 0 Å². The molecule has 0 radical (unpaired) electrons. The van der Waals surface area contributed by atoms with Crippen LogP contribution in [0.25, 0.3) is 0 Å². The van der Waals surface area contributed by atoms with Crippen LogP contribution in [0.5, 0.6) is 0 Å². The van der Waals surface area contributed by atoms with E-state index in [0.29, 0.717) is 17.9 Å². The lowest BCUT2D eigenvalue weighted by molar-refractivity contribution is 0.309. The fourth-order valence-electron chi connectivity index (χ4n) is 2.02. The van der Waals surface area contributed by atoms with Crippen molar-refractivity contribution in [2.24, 2.45) is 11.8 Å². The SMILES string of the molecule is CC(C)C(CNC(C)(C)C)Cc1ccn(C(C)C)n1. The summed E-state index contributed by atoms with van der Waals surface area (Å²) in [7, 11) is 0. The highest BCUT2D eigenvalue weighted by Gasteiger charge is 2.18. The number of rotatable bonds is 6. The first-order chi connectivity index (χ1) is 8.69. The van der Waals surface area contributed by atoms with Crippen molar-refractivity contribution in [3.05, 3.63) is 18.0 Å². The van der Waals surface area contributed by atoms with Crippen molar-refractivity contribution in [1.29, 1.82) is 0 Å². The molecule has 0 saturated heterocycles. The lowest BCUT2D eigenvalue weighted by Crippen LogP contribution is -2.40. The van der Waals surface area contributed by atoms with Gasteiger partial charge in [0.1, 0.15) is 0 Å². The number of nitrogens with zero attached hydrogens (tertiary/aromatic N) is 2. The lowest BCUT2D eigenvalue weighted by atomic mass is 9.90. The topological polar surface area (TPSA) is 29.9 Å². The van der Waals surface area contributed by atoms with Crippen LogP contribution in [0.1, 0.15) is 60.2 Å². The van der Waals surface area contributed by atoms with Gasteiger partial charge in [-0.2, -0.15) is 5.10 Å². The zero-order chi connectivity index (χ0) is 14.6. The summed E-state index contributed by atoms with van der Waals surface area (Å²) in [5, 5.41) is 8.28. The third kappa shape index (κ3) is 5.77. The van der Waals surface area contributed by atoms with Crippen LogP contribution in [0.15, 0.2) is 12.3 Å². The summed E-state index contributed by atoms with van der Waals surface area (Å²) in [6.45, 7) is 16.6. The molecule has 0 amide bonds. The van der Waals surface area contributed by atoms with Gasteiger partial charge in [0, 0.05) is 17.8 Å². The smallest absolute Gasteiger partial charge is 0.0628 e. The van der Waals surface area contributed by atoms with E-state index < -0.39 is 0 Å². The Hall–Kier alpha value is -0.830. The van der Waals surface area contributed by atoms with Crippen molar-refractivity contribution >= 4 is 0 Å². The lowest BCUT2D eigenvalue weighted by Gasteiger charge is -2.27. The summed E-state index contributed by atoms with van der Waals surface area (Å²) in [6.07, 6.45) is 3.15. The van der Waals surface area contributed by atoms with Gasteiger partial charge in [0.15, 0.2) is 0 Å². The molecule has 1 heterocycles. The fraction of sp³-hybridized carbons (Fsp3) is 0.812. The number of hydrogen-bond donors (Lipinski definition) is 1. The maximum absolute atomic E-state index is 4.67. The predicted octanol–water partition coefficient (Wildman–Crippen LogP) is 3.67. The third-order valence-electron chi connectivity index (χ3n) is 3.50. The first-order valence-electron chi connectivity index (χ1n) is 7.48. The average molecular weight is 265 g/mol. The Labute approximate surface area is 118 Å². The molecule has 0 aromatic carbocycles. The minimum Gasteiger partial charge on any atom is -0.312 e. The molecule has 3 nitrogen and oxygen atoms in total. The molecular formula is C16H31N3. The van der Waals surface area contributed by atoms with Crippen molar-refractivity contribution < 1.29 is 0 Å². The summed E-state index contributed by atoms with van der Waals surface area (Å²) >= 11 is 0. The fourth-order valence-corrected chi connectivity index (χ4v) is 2.02. The highest BCUT2D eigenvalue weighted by Crippen LogP contribution is 2.17. The van der Waals surface area contributed by atoms with Gasteiger partial charge in [0.05, 0.1) is 5.69 Å². The molecule has 19 heavy (non-hydrogen) atoms. The average Bonchev–Trinajstić information content (AvgIpc) is 2.70. The van der Waals surface area contributed by atoms with E-state index in [-0.39, 0.29) is 5.54 Å². The van der Waals surface area contributed by atoms with E-state index in [1.807, 2.05) is 4.68 Å². The van der Waals surface area contributed by atoms with Gasteiger partial charge in [-0.15, -0.1) is 0 Å². The normalized spacial score (nSPS) is 14.4. The molecule has 0 aliphatic rings. The maximum atomic E-state index is 4.67. The van der Waals surface area contributed by atoms with Crippen LogP contribution in [-0.4, -0.2) is 21.9 Å². The Kier molecular flexibility index (Phi) is 5.60. The molecule has 1 aromatic heterocycles. The van der Waals surface area contributed by atoms with Gasteiger partial charge >= 0.3 is 0 Å². The summed E-state index contributed by atoms with van der Waals surface area (Å²) < 4.78 is 2.05. The minimum atomic E-state index is 0.185. The Morgan fingerprint density at radius 3 is 2.26 bits per heavy atom. The van der Waals surface area contributed by atoms with Crippen LogP contribution < -0.4 is 5.32 Å². The molecule has 0 spiro atoms. The van der Waals surface area contributed by atoms with Gasteiger partial charge in [-0.25, -0.2) is 0 Å². The molecule has 1 rings (SSSR count). The van der Waals surface area contributed by atoms with E-state index >= 15 is 0 Å². The molecule has 1 N–H and O–H groups in total. The first kappa shape index (κ1) is 16.2. The maximum Gasteiger partial charge on any atom is 0.0628 e. The number of nitrogens with one attached hydrogen (secondary N) is 1. The first-order valence-corrected chi connectivity index (χ1v) is 7.48. The molecule has 0 fully saturated rings. The van der Waals surface area contributed by atoms with Gasteiger partial charge in [-0.3, -0.25) is 4.68 Å². The number of hydrogen-bond acceptors (Lipinski definition) is 2. The van der Waals surface area contributed by atoms with Crippen molar-refractivity contribution in [3.63, 3.8) is 0 Å². The van der Waals surface area contributed by atoms with Gasteiger partial charge in [-0.1, -0.05) is 13.8 Å². The van der Waals surface area contributed by atoms with E-state index in [2.05, 4.69) is 71.1 Å². The second kappa shape index (κ2) is 6.56. The van der Waals surface area contributed by atoms with Crippen LogP contribution in [0.2, 0.25) is 0 Å². The summed E-state index contributed by atoms with van der Waals surface area (Å²) in [6, 6.07) is 2.60. The van der Waals surface area contributed by atoms with Crippen LogP contribution in [0.4, 0.5) is 0 Å². The van der Waals surface area contributed by atoms with Gasteiger partial charge < -0.3 is 5.32 Å². The summed E-state index contributed by atoms with van der Waals surface area (Å²) in [5.41, 5.74) is 1.40. The molecule has 0 bridgehead atoms. The highest BCUT2D eigenvalue weighted by molar-refractivity contribution is 5.01. The van der Waals surface area contributed by atoms with Crippen molar-refractivity contribution in [2.45, 2.75) is 66.5 Å². The van der Waals surface area contributed by atoms with Crippen molar-refractivity contribution in [1.82, 2.24) is 15.1 Å². The molecular weight excluding hydrogens is 234 g/mol. The molecule has 3 heteroatoms. The quantitative estimate of drug-likeness (QED) is 0.850.